The van der Waals surface area contributed by atoms with E-state index >= 15 is 0 Å². The Morgan fingerprint density at radius 3 is 1.62 bits per heavy atom. The van der Waals surface area contributed by atoms with Crippen molar-refractivity contribution < 1.29 is 53.1 Å². The number of amides is 9. The molecule has 0 saturated carbocycles. The molecule has 2 aliphatic rings. The lowest BCUT2D eigenvalue weighted by molar-refractivity contribution is -0.149. The zero-order valence-corrected chi connectivity index (χ0v) is 37.5. The van der Waals surface area contributed by atoms with Crippen molar-refractivity contribution in [1.29, 1.82) is 0 Å². The molecule has 21 nitrogen and oxygen atoms in total. The third-order valence-electron chi connectivity index (χ3n) is 10.1. The summed E-state index contributed by atoms with van der Waals surface area (Å²) in [7, 11) is 0. The van der Waals surface area contributed by atoms with Crippen molar-refractivity contribution >= 4 is 95.3 Å². The van der Waals surface area contributed by atoms with E-state index in [9.17, 15) is 53.1 Å². The zero-order chi connectivity index (χ0) is 46.0. The standard InChI is InChI=1S/C37H62N10O11S3/c1-19(2)15-23(43-32(52)22(10-14-61-4)42-31(51)21(9-13-60-3)41-30(50)20(38)18-59)33(53)44-24(16-28(39)48)35(55)47-12-6-8-27(47)36(56)46-11-5-7-26(46)34(54)45-25(37(57)58)17-29(40)49/h19-27,59H,5-18,38H2,1-4H3,(H2,39,48)(H2,40,49)(H,41,50)(H,42,51)(H,43,52)(H,44,53)(H,45,54)(H,57,58)/t20-,21-,22-,23-,24-,25-,26-,27-/m0/s1. The highest BCUT2D eigenvalue weighted by Gasteiger charge is 2.45. The molecule has 0 aromatic carbocycles. The minimum atomic E-state index is -1.61. The van der Waals surface area contributed by atoms with Crippen LogP contribution in [0.15, 0.2) is 0 Å². The van der Waals surface area contributed by atoms with Crippen molar-refractivity contribution in [3.8, 4) is 0 Å². The maximum Gasteiger partial charge on any atom is 0.326 e. The number of likely N-dealkylation sites (tertiary alicyclic amines) is 2. The first-order chi connectivity index (χ1) is 28.7. The molecule has 0 radical (unpaired) electrons. The number of nitrogens with one attached hydrogen (secondary N) is 5. The summed E-state index contributed by atoms with van der Waals surface area (Å²) < 4.78 is 0. The first kappa shape index (κ1) is 52.8. The van der Waals surface area contributed by atoms with Crippen molar-refractivity contribution in [2.45, 2.75) is 120 Å². The maximum atomic E-state index is 14.1. The molecule has 0 spiro atoms. The van der Waals surface area contributed by atoms with Crippen LogP contribution in [0.3, 0.4) is 0 Å². The Hall–Kier alpha value is -4.29. The highest BCUT2D eigenvalue weighted by molar-refractivity contribution is 7.98. The van der Waals surface area contributed by atoms with Gasteiger partial charge in [0, 0.05) is 18.8 Å². The normalized spacial score (nSPS) is 19.1. The molecule has 0 aromatic heterocycles. The van der Waals surface area contributed by atoms with Crippen LogP contribution in [0.25, 0.3) is 0 Å². The van der Waals surface area contributed by atoms with Crippen LogP contribution in [0, 0.1) is 5.92 Å². The lowest BCUT2D eigenvalue weighted by Crippen LogP contribution is -2.60. The molecule has 9 amide bonds. The van der Waals surface area contributed by atoms with Crippen molar-refractivity contribution in [3.63, 3.8) is 0 Å². The van der Waals surface area contributed by atoms with Gasteiger partial charge in [0.15, 0.2) is 0 Å². The molecule has 61 heavy (non-hydrogen) atoms. The topological polar surface area (TPSA) is 336 Å². The van der Waals surface area contributed by atoms with Crippen molar-refractivity contribution in [3.05, 3.63) is 0 Å². The SMILES string of the molecule is CSCC[C@H](NC(=O)[C@H](CCSC)NC(=O)[C@@H](N)CS)C(=O)N[C@@H](CC(C)C)C(=O)N[C@@H](CC(N)=O)C(=O)N1CCC[C@H]1C(=O)N1CCC[C@H]1C(=O)N[C@@H](CC(N)=O)C(=O)O. The molecule has 2 rings (SSSR count). The molecule has 12 N–H and O–H groups in total. The van der Waals surface area contributed by atoms with E-state index in [4.69, 9.17) is 17.2 Å². The highest BCUT2D eigenvalue weighted by Crippen LogP contribution is 2.26. The molecule has 2 fully saturated rings. The summed E-state index contributed by atoms with van der Waals surface area (Å²) in [6.45, 7) is 3.78. The van der Waals surface area contributed by atoms with Gasteiger partial charge in [0.25, 0.3) is 0 Å². The maximum absolute atomic E-state index is 14.1. The lowest BCUT2D eigenvalue weighted by atomic mass is 10.0. The third-order valence-corrected chi connectivity index (χ3v) is 11.7. The fourth-order valence-corrected chi connectivity index (χ4v) is 8.05. The number of hydrogen-bond acceptors (Lipinski definition) is 14. The summed E-state index contributed by atoms with van der Waals surface area (Å²) in [5.74, 6) is -7.51. The van der Waals surface area contributed by atoms with Gasteiger partial charge in [-0.2, -0.15) is 36.2 Å². The van der Waals surface area contributed by atoms with E-state index < -0.39 is 120 Å². The Balaban J connectivity index is 2.30. The molecule has 8 atom stereocenters. The Kier molecular flexibility index (Phi) is 22.7. The highest BCUT2D eigenvalue weighted by atomic mass is 32.2. The van der Waals surface area contributed by atoms with Crippen molar-refractivity contribution in [1.82, 2.24) is 36.4 Å². The Morgan fingerprint density at radius 2 is 1.13 bits per heavy atom. The summed E-state index contributed by atoms with van der Waals surface area (Å²) in [5, 5.41) is 22.3. The number of carbonyl (C=O) groups excluding carboxylic acids is 9. The Labute approximate surface area is 369 Å². The van der Waals surface area contributed by atoms with Crippen molar-refractivity contribution in [2.75, 3.05) is 42.9 Å². The monoisotopic (exact) mass is 918 g/mol. The number of nitrogens with two attached hydrogens (primary N) is 3. The van der Waals surface area contributed by atoms with E-state index in [-0.39, 0.29) is 56.9 Å². The van der Waals surface area contributed by atoms with Gasteiger partial charge in [-0.05, 0) is 74.9 Å². The fourth-order valence-electron chi connectivity index (χ4n) is 6.94. The van der Waals surface area contributed by atoms with Gasteiger partial charge >= 0.3 is 5.97 Å². The van der Waals surface area contributed by atoms with Crippen LogP contribution in [0.1, 0.15) is 71.6 Å². The van der Waals surface area contributed by atoms with Crippen LogP contribution < -0.4 is 43.8 Å². The molecule has 0 aliphatic carbocycles. The summed E-state index contributed by atoms with van der Waals surface area (Å²) in [5.41, 5.74) is 16.5. The van der Waals surface area contributed by atoms with Gasteiger partial charge in [-0.3, -0.25) is 43.2 Å². The number of carbonyl (C=O) groups is 10. The summed E-state index contributed by atoms with van der Waals surface area (Å²) in [4.78, 5) is 133. The Bertz CT molecular complexity index is 1610. The zero-order valence-electron chi connectivity index (χ0n) is 35.0. The Morgan fingerprint density at radius 1 is 0.672 bits per heavy atom. The molecule has 2 heterocycles. The molecule has 24 heteroatoms. The van der Waals surface area contributed by atoms with Crippen LogP contribution >= 0.6 is 36.2 Å². The quantitative estimate of drug-likeness (QED) is 0.0388. The summed E-state index contributed by atoms with van der Waals surface area (Å²) in [6.07, 6.45) is 3.94. The van der Waals surface area contributed by atoms with Gasteiger partial charge in [-0.15, -0.1) is 0 Å². The second-order valence-corrected chi connectivity index (χ2v) is 17.7. The summed E-state index contributed by atoms with van der Waals surface area (Å²) >= 11 is 6.92. The molecular formula is C37H62N10O11S3. The largest absolute Gasteiger partial charge is 0.480 e. The van der Waals surface area contributed by atoms with E-state index in [0.717, 1.165) is 0 Å². The number of thioether (sulfide) groups is 2. The number of nitrogens with zero attached hydrogens (tertiary/aromatic N) is 2. The lowest BCUT2D eigenvalue weighted by Gasteiger charge is -2.33. The van der Waals surface area contributed by atoms with Crippen LogP contribution in [0.4, 0.5) is 0 Å². The van der Waals surface area contributed by atoms with Crippen LogP contribution in [0.2, 0.25) is 0 Å². The van der Waals surface area contributed by atoms with Gasteiger partial charge < -0.3 is 58.7 Å². The van der Waals surface area contributed by atoms with E-state index in [0.29, 0.717) is 24.3 Å². The average Bonchev–Trinajstić information content (AvgIpc) is 3.90. The number of thiol groups is 1. The second-order valence-electron chi connectivity index (χ2n) is 15.3. The van der Waals surface area contributed by atoms with Gasteiger partial charge in [0.2, 0.25) is 53.2 Å². The number of hydrogen-bond donors (Lipinski definition) is 10. The van der Waals surface area contributed by atoms with Gasteiger partial charge in [0.05, 0.1) is 18.9 Å². The molecule has 2 aliphatic heterocycles. The van der Waals surface area contributed by atoms with Crippen molar-refractivity contribution in [2.24, 2.45) is 23.1 Å². The minimum Gasteiger partial charge on any atom is -0.480 e. The molecule has 2 saturated heterocycles. The molecule has 0 aromatic rings. The average molecular weight is 919 g/mol. The fraction of sp³-hybridized carbons (Fsp3) is 0.730. The predicted molar refractivity (Wildman–Crippen MR) is 232 cm³/mol. The number of carboxylic acids is 1. The van der Waals surface area contributed by atoms with E-state index in [1.807, 2.05) is 12.5 Å². The van der Waals surface area contributed by atoms with Gasteiger partial charge in [-0.1, -0.05) is 13.8 Å². The van der Waals surface area contributed by atoms with E-state index in [2.05, 4.69) is 39.2 Å². The van der Waals surface area contributed by atoms with Gasteiger partial charge in [-0.25, -0.2) is 4.79 Å². The minimum absolute atomic E-state index is 0.0438. The molecule has 0 unspecified atom stereocenters. The molecule has 0 bridgehead atoms. The first-order valence-electron chi connectivity index (χ1n) is 20.0. The van der Waals surface area contributed by atoms with E-state index in [1.54, 1.807) is 13.8 Å². The molecule has 344 valence electrons. The number of aliphatic carboxylic acids is 1. The number of carboxylic acid groups (broad SMARTS) is 1. The number of primary amides is 2. The third kappa shape index (κ3) is 16.8. The number of rotatable bonds is 26. The van der Waals surface area contributed by atoms with Crippen LogP contribution in [-0.2, 0) is 47.9 Å². The first-order valence-corrected chi connectivity index (χ1v) is 23.4. The van der Waals surface area contributed by atoms with E-state index in [1.165, 1.54) is 33.3 Å². The smallest absolute Gasteiger partial charge is 0.326 e. The van der Waals surface area contributed by atoms with Crippen LogP contribution in [0.5, 0.6) is 0 Å². The predicted octanol–water partition coefficient (Wildman–Crippen LogP) is -2.96. The van der Waals surface area contributed by atoms with Crippen LogP contribution in [-0.4, -0.2) is 165 Å². The molecular weight excluding hydrogens is 857 g/mol. The van der Waals surface area contributed by atoms with Gasteiger partial charge in [0.1, 0.15) is 42.3 Å². The summed E-state index contributed by atoms with van der Waals surface area (Å²) in [6, 6.07) is -9.73. The second kappa shape index (κ2) is 26.2.